The van der Waals surface area contributed by atoms with Crippen molar-refractivity contribution in [3.63, 3.8) is 0 Å². The topological polar surface area (TPSA) is 32.3 Å². The third-order valence-corrected chi connectivity index (χ3v) is 3.69. The lowest BCUT2D eigenvalue weighted by molar-refractivity contribution is 0.283. The van der Waals surface area contributed by atoms with Gasteiger partial charge in [-0.15, -0.1) is 0 Å². The van der Waals surface area contributed by atoms with Gasteiger partial charge < -0.3 is 4.90 Å². The van der Waals surface area contributed by atoms with Gasteiger partial charge in [0.25, 0.3) is 0 Å². The molecule has 1 aromatic rings. The van der Waals surface area contributed by atoms with Gasteiger partial charge in [-0.2, -0.15) is 0 Å². The Morgan fingerprint density at radius 2 is 1.94 bits per heavy atom. The fraction of sp³-hybridized carbons (Fsp3) is 0.692. The van der Waals surface area contributed by atoms with Crippen LogP contribution in [-0.2, 0) is 0 Å². The second kappa shape index (κ2) is 4.61. The summed E-state index contributed by atoms with van der Waals surface area (Å²) in [6.07, 6.45) is 7.82. The monoisotopic (exact) mass is 232 g/mol. The zero-order chi connectivity index (χ0) is 11.7. The maximum absolute atomic E-state index is 4.47. The highest BCUT2D eigenvalue weighted by molar-refractivity contribution is 5.35. The van der Waals surface area contributed by atoms with Gasteiger partial charge in [0.15, 0.2) is 0 Å². The van der Waals surface area contributed by atoms with E-state index in [2.05, 4.69) is 19.8 Å². The first-order chi connectivity index (χ1) is 8.33. The molecular weight excluding hydrogens is 212 g/mol. The SMILES string of the molecule is Cc1cnc(N2CCCN(C3CC3)CC2)cn1. The molecule has 1 aromatic heterocycles. The lowest BCUT2D eigenvalue weighted by Crippen LogP contribution is -2.32. The van der Waals surface area contributed by atoms with E-state index in [1.807, 2.05) is 19.3 Å². The molecule has 2 heterocycles. The zero-order valence-electron chi connectivity index (χ0n) is 10.5. The number of aryl methyl sites for hydroxylation is 1. The Morgan fingerprint density at radius 3 is 2.65 bits per heavy atom. The minimum atomic E-state index is 0.888. The summed E-state index contributed by atoms with van der Waals surface area (Å²) in [7, 11) is 0. The van der Waals surface area contributed by atoms with E-state index in [0.29, 0.717) is 0 Å². The van der Waals surface area contributed by atoms with Crippen LogP contribution in [0.15, 0.2) is 12.4 Å². The standard InChI is InChI=1S/C13H20N4/c1-11-9-15-13(10-14-11)17-6-2-5-16(7-8-17)12-3-4-12/h9-10,12H,2-8H2,1H3. The van der Waals surface area contributed by atoms with E-state index in [1.165, 1.54) is 32.4 Å². The average molecular weight is 232 g/mol. The van der Waals surface area contributed by atoms with E-state index in [0.717, 1.165) is 30.6 Å². The average Bonchev–Trinajstić information content (AvgIpc) is 3.16. The Labute approximate surface area is 103 Å². The van der Waals surface area contributed by atoms with Gasteiger partial charge in [0, 0.05) is 32.2 Å². The van der Waals surface area contributed by atoms with Crippen molar-refractivity contribution in [1.82, 2.24) is 14.9 Å². The summed E-state index contributed by atoms with van der Waals surface area (Å²) in [6, 6.07) is 0.888. The molecule has 0 radical (unpaired) electrons. The van der Waals surface area contributed by atoms with Gasteiger partial charge in [0.1, 0.15) is 5.82 Å². The van der Waals surface area contributed by atoms with E-state index >= 15 is 0 Å². The lowest BCUT2D eigenvalue weighted by Gasteiger charge is -2.22. The van der Waals surface area contributed by atoms with Crippen molar-refractivity contribution in [2.24, 2.45) is 0 Å². The fourth-order valence-corrected chi connectivity index (χ4v) is 2.52. The molecule has 0 aromatic carbocycles. The molecule has 17 heavy (non-hydrogen) atoms. The number of nitrogens with zero attached hydrogens (tertiary/aromatic N) is 4. The van der Waals surface area contributed by atoms with Gasteiger partial charge in [-0.3, -0.25) is 9.88 Å². The van der Waals surface area contributed by atoms with Gasteiger partial charge in [-0.25, -0.2) is 4.98 Å². The number of anilines is 1. The minimum Gasteiger partial charge on any atom is -0.354 e. The Balaban J connectivity index is 1.65. The summed E-state index contributed by atoms with van der Waals surface area (Å²) in [5.41, 5.74) is 0.989. The highest BCUT2D eigenvalue weighted by Crippen LogP contribution is 2.27. The third-order valence-electron chi connectivity index (χ3n) is 3.69. The van der Waals surface area contributed by atoms with E-state index in [9.17, 15) is 0 Å². The van der Waals surface area contributed by atoms with Crippen LogP contribution in [-0.4, -0.2) is 47.1 Å². The van der Waals surface area contributed by atoms with E-state index in [1.54, 1.807) is 0 Å². The van der Waals surface area contributed by atoms with Crippen molar-refractivity contribution in [2.75, 3.05) is 31.1 Å². The summed E-state index contributed by atoms with van der Waals surface area (Å²) in [4.78, 5) is 13.8. The van der Waals surface area contributed by atoms with Crippen molar-refractivity contribution < 1.29 is 0 Å². The largest absolute Gasteiger partial charge is 0.354 e. The Morgan fingerprint density at radius 1 is 1.06 bits per heavy atom. The smallest absolute Gasteiger partial charge is 0.147 e. The summed E-state index contributed by atoms with van der Waals surface area (Å²) in [5, 5.41) is 0. The Kier molecular flexibility index (Phi) is 2.97. The molecule has 3 rings (SSSR count). The van der Waals surface area contributed by atoms with Crippen LogP contribution in [0.5, 0.6) is 0 Å². The summed E-state index contributed by atoms with van der Waals surface area (Å²) in [5.74, 6) is 1.04. The van der Waals surface area contributed by atoms with Gasteiger partial charge in [0.05, 0.1) is 18.1 Å². The molecule has 0 unspecified atom stereocenters. The molecule has 0 atom stereocenters. The van der Waals surface area contributed by atoms with Crippen molar-refractivity contribution in [2.45, 2.75) is 32.2 Å². The third kappa shape index (κ3) is 2.57. The van der Waals surface area contributed by atoms with Crippen molar-refractivity contribution in [3.05, 3.63) is 18.1 Å². The molecule has 2 aliphatic rings. The summed E-state index contributed by atoms with van der Waals surface area (Å²) >= 11 is 0. The van der Waals surface area contributed by atoms with Gasteiger partial charge in [-0.1, -0.05) is 0 Å². The number of aromatic nitrogens is 2. The summed E-state index contributed by atoms with van der Waals surface area (Å²) in [6.45, 7) is 6.61. The summed E-state index contributed by atoms with van der Waals surface area (Å²) < 4.78 is 0. The molecule has 0 bridgehead atoms. The minimum absolute atomic E-state index is 0.888. The predicted octanol–water partition coefficient (Wildman–Crippen LogP) is 1.46. The second-order valence-corrected chi connectivity index (χ2v) is 5.12. The van der Waals surface area contributed by atoms with E-state index in [4.69, 9.17) is 0 Å². The number of hydrogen-bond acceptors (Lipinski definition) is 4. The van der Waals surface area contributed by atoms with E-state index < -0.39 is 0 Å². The molecule has 2 fully saturated rings. The van der Waals surface area contributed by atoms with Crippen LogP contribution in [0.1, 0.15) is 25.0 Å². The first-order valence-corrected chi connectivity index (χ1v) is 6.60. The van der Waals surface area contributed by atoms with Crippen LogP contribution < -0.4 is 4.90 Å². The first-order valence-electron chi connectivity index (χ1n) is 6.60. The normalized spacial score (nSPS) is 22.5. The number of rotatable bonds is 2. The molecule has 4 nitrogen and oxygen atoms in total. The molecule has 0 amide bonds. The van der Waals surface area contributed by atoms with Crippen LogP contribution in [0.25, 0.3) is 0 Å². The maximum Gasteiger partial charge on any atom is 0.147 e. The molecule has 1 aliphatic carbocycles. The van der Waals surface area contributed by atoms with Gasteiger partial charge in [0.2, 0.25) is 0 Å². The van der Waals surface area contributed by atoms with Crippen LogP contribution >= 0.6 is 0 Å². The van der Waals surface area contributed by atoms with Crippen LogP contribution in [0.2, 0.25) is 0 Å². The zero-order valence-corrected chi connectivity index (χ0v) is 10.5. The van der Waals surface area contributed by atoms with Crippen molar-refractivity contribution in [1.29, 1.82) is 0 Å². The maximum atomic E-state index is 4.47. The molecule has 92 valence electrons. The fourth-order valence-electron chi connectivity index (χ4n) is 2.52. The Hall–Kier alpha value is -1.16. The molecule has 1 aliphatic heterocycles. The van der Waals surface area contributed by atoms with Gasteiger partial charge >= 0.3 is 0 Å². The predicted molar refractivity (Wildman–Crippen MR) is 68.2 cm³/mol. The highest BCUT2D eigenvalue weighted by Gasteiger charge is 2.30. The van der Waals surface area contributed by atoms with E-state index in [-0.39, 0.29) is 0 Å². The second-order valence-electron chi connectivity index (χ2n) is 5.12. The highest BCUT2D eigenvalue weighted by atomic mass is 15.3. The quantitative estimate of drug-likeness (QED) is 0.772. The van der Waals surface area contributed by atoms with Gasteiger partial charge in [-0.05, 0) is 26.2 Å². The van der Waals surface area contributed by atoms with Crippen molar-refractivity contribution in [3.8, 4) is 0 Å². The number of hydrogen-bond donors (Lipinski definition) is 0. The van der Waals surface area contributed by atoms with Crippen LogP contribution in [0.4, 0.5) is 5.82 Å². The molecule has 0 spiro atoms. The first kappa shape index (κ1) is 11.0. The lowest BCUT2D eigenvalue weighted by atomic mass is 10.4. The molecule has 1 saturated heterocycles. The molecule has 0 N–H and O–H groups in total. The van der Waals surface area contributed by atoms with Crippen molar-refractivity contribution >= 4 is 5.82 Å². The molecular formula is C13H20N4. The molecule has 4 heteroatoms. The molecule has 1 saturated carbocycles. The van der Waals surface area contributed by atoms with Crippen LogP contribution in [0.3, 0.4) is 0 Å². The Bertz CT molecular complexity index is 372. The van der Waals surface area contributed by atoms with Crippen LogP contribution in [0, 0.1) is 6.92 Å².